The van der Waals surface area contributed by atoms with Crippen LogP contribution in [0.5, 0.6) is 0 Å². The molecule has 1 saturated heterocycles. The first-order chi connectivity index (χ1) is 13.6. The molecule has 7 nitrogen and oxygen atoms in total. The van der Waals surface area contributed by atoms with Crippen molar-refractivity contribution in [1.29, 1.82) is 0 Å². The average Bonchev–Trinajstić information content (AvgIpc) is 3.40. The number of carbonyl (C=O) groups excluding carboxylic acids is 1. The zero-order valence-corrected chi connectivity index (χ0v) is 17.6. The van der Waals surface area contributed by atoms with E-state index in [2.05, 4.69) is 23.6 Å². The lowest BCUT2D eigenvalue weighted by molar-refractivity contribution is -0.122. The largest absolute Gasteiger partial charge is 0.383 e. The summed E-state index contributed by atoms with van der Waals surface area (Å²) in [5.41, 5.74) is 3.37. The van der Waals surface area contributed by atoms with Gasteiger partial charge in [-0.25, -0.2) is 4.98 Å². The van der Waals surface area contributed by atoms with Crippen molar-refractivity contribution in [2.75, 3.05) is 38.4 Å². The molecule has 1 atom stereocenters. The van der Waals surface area contributed by atoms with Gasteiger partial charge in [-0.3, -0.25) is 14.4 Å². The standard InChI is InChI=1S/C20H28N4O3S/c1-13(2)11-24-16-4-5-17-18(15(16)10-21-24)22-20(28-17)23(7-9-26-3)19(25)14-6-8-27-12-14/h10,13-14H,4-9,11-12H2,1-3H3. The van der Waals surface area contributed by atoms with Gasteiger partial charge in [0.15, 0.2) is 5.13 Å². The fraction of sp³-hybridized carbons (Fsp3) is 0.650. The van der Waals surface area contributed by atoms with E-state index in [4.69, 9.17) is 14.5 Å². The number of anilines is 1. The molecule has 0 spiro atoms. The number of aromatic nitrogens is 3. The van der Waals surface area contributed by atoms with Crippen LogP contribution in [0.25, 0.3) is 11.3 Å². The summed E-state index contributed by atoms with van der Waals surface area (Å²) in [4.78, 5) is 21.0. The molecule has 1 fully saturated rings. The lowest BCUT2D eigenvalue weighted by atomic mass is 10.0. The maximum Gasteiger partial charge on any atom is 0.234 e. The Hall–Kier alpha value is -1.77. The van der Waals surface area contributed by atoms with Gasteiger partial charge in [0.25, 0.3) is 0 Å². The number of ether oxygens (including phenoxy) is 2. The predicted octanol–water partition coefficient (Wildman–Crippen LogP) is 2.78. The third-order valence-electron chi connectivity index (χ3n) is 5.31. The Morgan fingerprint density at radius 1 is 1.46 bits per heavy atom. The third kappa shape index (κ3) is 3.73. The van der Waals surface area contributed by atoms with Gasteiger partial charge in [0.05, 0.1) is 37.6 Å². The molecule has 1 aliphatic heterocycles. The fourth-order valence-corrected chi connectivity index (χ4v) is 4.98. The lowest BCUT2D eigenvalue weighted by Crippen LogP contribution is -2.38. The summed E-state index contributed by atoms with van der Waals surface area (Å²) in [5.74, 6) is 0.561. The zero-order valence-electron chi connectivity index (χ0n) is 16.8. The van der Waals surface area contributed by atoms with Gasteiger partial charge in [-0.1, -0.05) is 13.8 Å². The minimum atomic E-state index is -0.0814. The molecule has 0 N–H and O–H groups in total. The number of hydrogen-bond acceptors (Lipinski definition) is 6. The van der Waals surface area contributed by atoms with Crippen molar-refractivity contribution in [3.8, 4) is 11.3 Å². The molecule has 3 heterocycles. The summed E-state index contributed by atoms with van der Waals surface area (Å²) < 4.78 is 12.8. The van der Waals surface area contributed by atoms with E-state index in [1.54, 1.807) is 23.3 Å². The quantitative estimate of drug-likeness (QED) is 0.710. The molecule has 1 amide bonds. The van der Waals surface area contributed by atoms with Crippen LogP contribution in [0.1, 0.15) is 30.8 Å². The number of aryl methyl sites for hydroxylation is 1. The molecule has 1 aliphatic carbocycles. The highest BCUT2D eigenvalue weighted by atomic mass is 32.1. The lowest BCUT2D eigenvalue weighted by Gasteiger charge is -2.22. The molecule has 2 aliphatic rings. The van der Waals surface area contributed by atoms with Gasteiger partial charge in [-0.15, -0.1) is 11.3 Å². The van der Waals surface area contributed by atoms with Crippen molar-refractivity contribution in [2.45, 2.75) is 39.7 Å². The smallest absolute Gasteiger partial charge is 0.234 e. The molecule has 28 heavy (non-hydrogen) atoms. The van der Waals surface area contributed by atoms with Crippen LogP contribution in [-0.2, 0) is 33.7 Å². The van der Waals surface area contributed by atoms with E-state index in [1.165, 1.54) is 10.6 Å². The van der Waals surface area contributed by atoms with Gasteiger partial charge in [-0.2, -0.15) is 5.10 Å². The van der Waals surface area contributed by atoms with Crippen LogP contribution in [0, 0.1) is 11.8 Å². The average molecular weight is 405 g/mol. The number of carbonyl (C=O) groups is 1. The first kappa shape index (κ1) is 19.5. The molecule has 8 heteroatoms. The summed E-state index contributed by atoms with van der Waals surface area (Å²) in [6.07, 6.45) is 4.63. The van der Waals surface area contributed by atoms with Crippen molar-refractivity contribution < 1.29 is 14.3 Å². The first-order valence-corrected chi connectivity index (χ1v) is 10.8. The Morgan fingerprint density at radius 3 is 3.04 bits per heavy atom. The van der Waals surface area contributed by atoms with Gasteiger partial charge < -0.3 is 9.47 Å². The summed E-state index contributed by atoms with van der Waals surface area (Å²) >= 11 is 1.63. The first-order valence-electron chi connectivity index (χ1n) is 10.0. The highest BCUT2D eigenvalue weighted by molar-refractivity contribution is 7.16. The molecule has 2 aromatic rings. The van der Waals surface area contributed by atoms with Crippen LogP contribution in [0.4, 0.5) is 5.13 Å². The number of fused-ring (bicyclic) bond motifs is 3. The third-order valence-corrected chi connectivity index (χ3v) is 6.45. The van der Waals surface area contributed by atoms with Crippen LogP contribution in [0.2, 0.25) is 0 Å². The van der Waals surface area contributed by atoms with E-state index in [9.17, 15) is 4.79 Å². The van der Waals surface area contributed by atoms with Crippen molar-refractivity contribution >= 4 is 22.4 Å². The highest BCUT2D eigenvalue weighted by Gasteiger charge is 2.32. The summed E-state index contributed by atoms with van der Waals surface area (Å²) in [6.45, 7) is 7.48. The molecular formula is C20H28N4O3S. The summed E-state index contributed by atoms with van der Waals surface area (Å²) in [7, 11) is 1.66. The van der Waals surface area contributed by atoms with Gasteiger partial charge in [0, 0.05) is 36.4 Å². The van der Waals surface area contributed by atoms with Gasteiger partial charge in [0.2, 0.25) is 5.91 Å². The Bertz CT molecular complexity index is 839. The second-order valence-electron chi connectivity index (χ2n) is 7.89. The van der Waals surface area contributed by atoms with E-state index < -0.39 is 0 Å². The maximum absolute atomic E-state index is 13.1. The van der Waals surface area contributed by atoms with Crippen LogP contribution >= 0.6 is 11.3 Å². The molecule has 0 radical (unpaired) electrons. The van der Waals surface area contributed by atoms with Crippen LogP contribution in [0.3, 0.4) is 0 Å². The van der Waals surface area contributed by atoms with Crippen molar-refractivity contribution in [1.82, 2.24) is 14.8 Å². The topological polar surface area (TPSA) is 69.5 Å². The fourth-order valence-electron chi connectivity index (χ4n) is 3.87. The van der Waals surface area contributed by atoms with Gasteiger partial charge in [0.1, 0.15) is 0 Å². The molecule has 0 aromatic carbocycles. The Kier molecular flexibility index (Phi) is 5.80. The van der Waals surface area contributed by atoms with Crippen molar-refractivity contribution in [3.05, 3.63) is 16.8 Å². The number of methoxy groups -OCH3 is 1. The molecular weight excluding hydrogens is 376 g/mol. The molecule has 4 rings (SSSR count). The minimum Gasteiger partial charge on any atom is -0.383 e. The Labute approximate surface area is 169 Å². The van der Waals surface area contributed by atoms with Crippen LogP contribution in [-0.4, -0.2) is 54.1 Å². The van der Waals surface area contributed by atoms with E-state index in [1.807, 2.05) is 6.20 Å². The molecule has 0 saturated carbocycles. The predicted molar refractivity (Wildman–Crippen MR) is 109 cm³/mol. The second kappa shape index (κ2) is 8.31. The van der Waals surface area contributed by atoms with Gasteiger partial charge in [-0.05, 0) is 25.2 Å². The SMILES string of the molecule is COCCN(C(=O)C1CCOC1)c1nc2c(s1)CCc1c-2cnn1CC(C)C. The minimum absolute atomic E-state index is 0.0814. The van der Waals surface area contributed by atoms with Crippen LogP contribution < -0.4 is 4.90 Å². The van der Waals surface area contributed by atoms with Crippen molar-refractivity contribution in [3.63, 3.8) is 0 Å². The second-order valence-corrected chi connectivity index (χ2v) is 8.95. The summed E-state index contributed by atoms with van der Waals surface area (Å²) in [6, 6.07) is 0. The molecule has 152 valence electrons. The zero-order chi connectivity index (χ0) is 19.7. The Morgan fingerprint density at radius 2 is 2.32 bits per heavy atom. The molecule has 0 bridgehead atoms. The van der Waals surface area contributed by atoms with E-state index >= 15 is 0 Å². The van der Waals surface area contributed by atoms with Crippen LogP contribution in [0.15, 0.2) is 6.20 Å². The number of amides is 1. The molecule has 1 unspecified atom stereocenters. The number of nitrogens with zero attached hydrogens (tertiary/aromatic N) is 4. The molecule has 2 aromatic heterocycles. The monoisotopic (exact) mass is 404 g/mol. The number of rotatable bonds is 7. The van der Waals surface area contributed by atoms with Gasteiger partial charge >= 0.3 is 0 Å². The Balaban J connectivity index is 1.64. The summed E-state index contributed by atoms with van der Waals surface area (Å²) in [5, 5.41) is 5.37. The normalized spacial score (nSPS) is 18.4. The van der Waals surface area contributed by atoms with E-state index in [0.717, 1.165) is 42.2 Å². The van der Waals surface area contributed by atoms with Crippen molar-refractivity contribution in [2.24, 2.45) is 11.8 Å². The number of thiazole rings is 1. The highest BCUT2D eigenvalue weighted by Crippen LogP contribution is 2.40. The maximum atomic E-state index is 13.1. The number of hydrogen-bond donors (Lipinski definition) is 0. The van der Waals surface area contributed by atoms with E-state index in [-0.39, 0.29) is 11.8 Å². The van der Waals surface area contributed by atoms with E-state index in [0.29, 0.717) is 32.3 Å².